The number of imide groups is 1. The van der Waals surface area contributed by atoms with Crippen LogP contribution in [-0.4, -0.2) is 28.4 Å². The summed E-state index contributed by atoms with van der Waals surface area (Å²) in [5.41, 5.74) is 0.551. The average Bonchev–Trinajstić information content (AvgIpc) is 2.73. The largest absolute Gasteiger partial charge is 0.386 e. The topological polar surface area (TPSA) is 57.6 Å². The Bertz CT molecular complexity index is 550. The van der Waals surface area contributed by atoms with Crippen LogP contribution < -0.4 is 0 Å². The second kappa shape index (κ2) is 5.78. The first-order valence-corrected chi connectivity index (χ1v) is 7.75. The molecule has 1 aliphatic carbocycles. The summed E-state index contributed by atoms with van der Waals surface area (Å²) in [6.07, 6.45) is 2.64. The lowest BCUT2D eigenvalue weighted by Gasteiger charge is -2.20. The van der Waals surface area contributed by atoms with Gasteiger partial charge in [0.1, 0.15) is 0 Å². The number of nitrogens with zero attached hydrogens (tertiary/aromatic N) is 1. The smallest absolute Gasteiger partial charge is 0.233 e. The van der Waals surface area contributed by atoms with Gasteiger partial charge in [0.15, 0.2) is 0 Å². The summed E-state index contributed by atoms with van der Waals surface area (Å²) in [7, 11) is 0. The quantitative estimate of drug-likeness (QED) is 0.873. The summed E-state index contributed by atoms with van der Waals surface area (Å²) in [4.78, 5) is 26.0. The molecular weight excluding hydrogens is 290 g/mol. The third-order valence-corrected chi connectivity index (χ3v) is 4.90. The second-order valence-electron chi connectivity index (χ2n) is 5.82. The molecule has 2 fully saturated rings. The number of hydrogen-bond acceptors (Lipinski definition) is 3. The fourth-order valence-corrected chi connectivity index (χ4v) is 3.69. The molecule has 1 aromatic rings. The number of benzene rings is 1. The molecule has 1 N–H and O–H groups in total. The van der Waals surface area contributed by atoms with Crippen LogP contribution in [0.2, 0.25) is 5.02 Å². The number of likely N-dealkylation sites (tertiary alicyclic amines) is 1. The summed E-state index contributed by atoms with van der Waals surface area (Å²) in [5, 5.41) is 10.7. The first kappa shape index (κ1) is 14.5. The summed E-state index contributed by atoms with van der Waals surface area (Å²) >= 11 is 6.05. The van der Waals surface area contributed by atoms with Crippen molar-refractivity contribution in [2.24, 2.45) is 11.8 Å². The first-order valence-electron chi connectivity index (χ1n) is 7.37. The van der Waals surface area contributed by atoms with Crippen molar-refractivity contribution >= 4 is 23.4 Å². The molecule has 5 heteroatoms. The fourth-order valence-electron chi connectivity index (χ4n) is 3.43. The van der Waals surface area contributed by atoms with E-state index < -0.39 is 6.10 Å². The van der Waals surface area contributed by atoms with Crippen LogP contribution in [-0.2, 0) is 9.59 Å². The van der Waals surface area contributed by atoms with Gasteiger partial charge in [-0.05, 0) is 18.9 Å². The highest BCUT2D eigenvalue weighted by Crippen LogP contribution is 2.38. The van der Waals surface area contributed by atoms with Crippen LogP contribution in [0.15, 0.2) is 24.3 Å². The normalized spacial score (nSPS) is 26.9. The maximum Gasteiger partial charge on any atom is 0.233 e. The predicted octanol–water partition coefficient (Wildman–Crippen LogP) is 2.55. The lowest BCUT2D eigenvalue weighted by Crippen LogP contribution is -2.35. The molecular formula is C16H18ClNO3. The minimum absolute atomic E-state index is 0.00556. The molecule has 0 unspecified atom stereocenters. The number of aliphatic hydroxyl groups is 1. The van der Waals surface area contributed by atoms with Crippen molar-refractivity contribution in [1.29, 1.82) is 0 Å². The minimum atomic E-state index is -0.938. The average molecular weight is 308 g/mol. The Kier molecular flexibility index (Phi) is 4.00. The Morgan fingerprint density at radius 3 is 2.29 bits per heavy atom. The molecule has 0 aromatic heterocycles. The molecule has 3 atom stereocenters. The molecule has 4 nitrogen and oxygen atoms in total. The number of halogens is 1. The third kappa shape index (κ3) is 2.58. The standard InChI is InChI=1S/C16H18ClNO3/c17-13-8-4-3-7-12(13)14(19)9-18-15(20)10-5-1-2-6-11(10)16(18)21/h3-4,7-8,10-11,14,19H,1-2,5-6,9H2/t10-,11+,14-/m0/s1. The molecule has 1 aromatic carbocycles. The van der Waals surface area contributed by atoms with Gasteiger partial charge in [0, 0.05) is 10.6 Å². The van der Waals surface area contributed by atoms with Crippen LogP contribution in [0.1, 0.15) is 37.4 Å². The van der Waals surface area contributed by atoms with Gasteiger partial charge in [-0.2, -0.15) is 0 Å². The van der Waals surface area contributed by atoms with E-state index in [0.717, 1.165) is 25.7 Å². The van der Waals surface area contributed by atoms with Crippen LogP contribution >= 0.6 is 11.6 Å². The maximum atomic E-state index is 12.4. The van der Waals surface area contributed by atoms with E-state index in [4.69, 9.17) is 11.6 Å². The van der Waals surface area contributed by atoms with Crippen molar-refractivity contribution in [2.75, 3.05) is 6.54 Å². The first-order chi connectivity index (χ1) is 10.1. The zero-order valence-corrected chi connectivity index (χ0v) is 12.4. The van der Waals surface area contributed by atoms with E-state index in [0.29, 0.717) is 10.6 Å². The zero-order valence-electron chi connectivity index (χ0n) is 11.7. The lowest BCUT2D eigenvalue weighted by molar-refractivity contribution is -0.141. The van der Waals surface area contributed by atoms with Gasteiger partial charge in [0.05, 0.1) is 24.5 Å². The van der Waals surface area contributed by atoms with Gasteiger partial charge in [-0.3, -0.25) is 14.5 Å². The molecule has 21 heavy (non-hydrogen) atoms. The molecule has 1 aliphatic heterocycles. The minimum Gasteiger partial charge on any atom is -0.386 e. The summed E-state index contributed by atoms with van der Waals surface area (Å²) in [5.74, 6) is -0.610. The van der Waals surface area contributed by atoms with E-state index >= 15 is 0 Å². The van der Waals surface area contributed by atoms with Crippen molar-refractivity contribution in [3.05, 3.63) is 34.9 Å². The Morgan fingerprint density at radius 1 is 1.14 bits per heavy atom. The number of carbonyl (C=O) groups excluding carboxylic acids is 2. The van der Waals surface area contributed by atoms with Crippen LogP contribution in [0.3, 0.4) is 0 Å². The van der Waals surface area contributed by atoms with Gasteiger partial charge in [0.2, 0.25) is 11.8 Å². The summed E-state index contributed by atoms with van der Waals surface area (Å²) in [6.45, 7) is -0.00556. The Morgan fingerprint density at radius 2 is 1.71 bits per heavy atom. The number of fused-ring (bicyclic) bond motifs is 1. The molecule has 3 rings (SSSR count). The van der Waals surface area contributed by atoms with Crippen molar-refractivity contribution in [3.8, 4) is 0 Å². The molecule has 1 saturated carbocycles. The third-order valence-electron chi connectivity index (χ3n) is 4.55. The van der Waals surface area contributed by atoms with Gasteiger partial charge >= 0.3 is 0 Å². The van der Waals surface area contributed by atoms with E-state index in [1.54, 1.807) is 24.3 Å². The van der Waals surface area contributed by atoms with E-state index in [-0.39, 0.29) is 30.2 Å². The van der Waals surface area contributed by atoms with Crippen molar-refractivity contribution in [1.82, 2.24) is 4.90 Å². The van der Waals surface area contributed by atoms with E-state index in [1.807, 2.05) is 0 Å². The number of β-amino-alcohol motifs (C(OH)–C–C–N with tert-alkyl or cyclic N) is 1. The Labute approximate surface area is 128 Å². The van der Waals surface area contributed by atoms with Crippen molar-refractivity contribution < 1.29 is 14.7 Å². The Balaban J connectivity index is 1.77. The van der Waals surface area contributed by atoms with Gasteiger partial charge in [0.25, 0.3) is 0 Å². The summed E-state index contributed by atoms with van der Waals surface area (Å²) in [6, 6.07) is 6.95. The number of rotatable bonds is 3. The fraction of sp³-hybridized carbons (Fsp3) is 0.500. The molecule has 0 bridgehead atoms. The van der Waals surface area contributed by atoms with E-state index in [1.165, 1.54) is 4.90 Å². The monoisotopic (exact) mass is 307 g/mol. The van der Waals surface area contributed by atoms with Gasteiger partial charge in [-0.25, -0.2) is 0 Å². The molecule has 112 valence electrons. The highest BCUT2D eigenvalue weighted by molar-refractivity contribution is 6.31. The van der Waals surface area contributed by atoms with E-state index in [9.17, 15) is 14.7 Å². The number of carbonyl (C=O) groups is 2. The second-order valence-corrected chi connectivity index (χ2v) is 6.23. The maximum absolute atomic E-state index is 12.4. The predicted molar refractivity (Wildman–Crippen MR) is 78.6 cm³/mol. The van der Waals surface area contributed by atoms with Crippen LogP contribution in [0.5, 0.6) is 0 Å². The van der Waals surface area contributed by atoms with Gasteiger partial charge in [-0.1, -0.05) is 42.6 Å². The van der Waals surface area contributed by atoms with Crippen molar-refractivity contribution in [2.45, 2.75) is 31.8 Å². The lowest BCUT2D eigenvalue weighted by atomic mass is 9.81. The molecule has 0 spiro atoms. The summed E-state index contributed by atoms with van der Waals surface area (Å²) < 4.78 is 0. The van der Waals surface area contributed by atoms with Crippen molar-refractivity contribution in [3.63, 3.8) is 0 Å². The van der Waals surface area contributed by atoms with Crippen LogP contribution in [0.4, 0.5) is 0 Å². The molecule has 2 aliphatic rings. The highest BCUT2D eigenvalue weighted by Gasteiger charge is 2.48. The van der Waals surface area contributed by atoms with Gasteiger partial charge < -0.3 is 5.11 Å². The number of amides is 2. The highest BCUT2D eigenvalue weighted by atomic mass is 35.5. The molecule has 2 amide bonds. The molecule has 0 radical (unpaired) electrons. The Hall–Kier alpha value is -1.39. The van der Waals surface area contributed by atoms with Crippen LogP contribution in [0, 0.1) is 11.8 Å². The number of hydrogen-bond donors (Lipinski definition) is 1. The van der Waals surface area contributed by atoms with E-state index in [2.05, 4.69) is 0 Å². The molecule has 1 saturated heterocycles. The van der Waals surface area contributed by atoms with Crippen LogP contribution in [0.25, 0.3) is 0 Å². The molecule has 1 heterocycles. The SMILES string of the molecule is O=C1[C@H]2CCCC[C@H]2C(=O)N1C[C@H](O)c1ccccc1Cl. The zero-order chi connectivity index (χ0) is 15.0. The van der Waals surface area contributed by atoms with Gasteiger partial charge in [-0.15, -0.1) is 0 Å². The number of aliphatic hydroxyl groups excluding tert-OH is 1.